The Morgan fingerprint density at radius 2 is 0.970 bits per heavy atom. The van der Waals surface area contributed by atoms with Crippen LogP contribution in [-0.4, -0.2) is 0 Å². The number of benzene rings is 6. The summed E-state index contributed by atoms with van der Waals surface area (Å²) in [5.74, 6) is 0. The van der Waals surface area contributed by atoms with Crippen molar-refractivity contribution in [2.75, 3.05) is 0 Å². The Bertz CT molecular complexity index is 1610. The summed E-state index contributed by atoms with van der Waals surface area (Å²) < 4.78 is 0. The van der Waals surface area contributed by atoms with E-state index in [4.69, 9.17) is 0 Å². The zero-order valence-corrected chi connectivity index (χ0v) is 19.0. The highest BCUT2D eigenvalue weighted by molar-refractivity contribution is 7.79. The lowest BCUT2D eigenvalue weighted by atomic mass is 9.96. The molecule has 0 amide bonds. The Kier molecular flexibility index (Phi) is 4.22. The highest BCUT2D eigenvalue weighted by atomic mass is 31.1. The molecule has 0 atom stereocenters. The van der Waals surface area contributed by atoms with Crippen molar-refractivity contribution in [3.63, 3.8) is 0 Å². The number of fused-ring (bicyclic) bond motifs is 5. The van der Waals surface area contributed by atoms with Crippen molar-refractivity contribution in [3.05, 3.63) is 127 Å². The average molecular weight is 436 g/mol. The van der Waals surface area contributed by atoms with Crippen LogP contribution in [0.5, 0.6) is 0 Å². The topological polar surface area (TPSA) is 0 Å². The largest absolute Gasteiger partial charge is 0.0622 e. The first-order valence-corrected chi connectivity index (χ1v) is 12.7. The van der Waals surface area contributed by atoms with E-state index in [1.807, 2.05) is 0 Å². The Labute approximate surface area is 194 Å². The van der Waals surface area contributed by atoms with Crippen LogP contribution in [0.25, 0.3) is 43.8 Å². The lowest BCUT2D eigenvalue weighted by Gasteiger charge is -2.20. The molecule has 6 aromatic rings. The molecule has 0 saturated carbocycles. The first-order valence-electron chi connectivity index (χ1n) is 11.4. The molecule has 0 unspecified atom stereocenters. The van der Waals surface area contributed by atoms with Crippen molar-refractivity contribution in [3.8, 4) is 22.3 Å². The van der Waals surface area contributed by atoms with Crippen LogP contribution in [0.15, 0.2) is 127 Å². The smallest absolute Gasteiger partial charge is 0.00199 e. The van der Waals surface area contributed by atoms with Crippen molar-refractivity contribution in [1.29, 1.82) is 0 Å². The van der Waals surface area contributed by atoms with Crippen LogP contribution < -0.4 is 15.9 Å². The van der Waals surface area contributed by atoms with Gasteiger partial charge in [0.1, 0.15) is 0 Å². The van der Waals surface area contributed by atoms with Crippen molar-refractivity contribution in [1.82, 2.24) is 0 Å². The van der Waals surface area contributed by atoms with E-state index in [9.17, 15) is 0 Å². The zero-order valence-electron chi connectivity index (χ0n) is 18.1. The van der Waals surface area contributed by atoms with E-state index in [0.29, 0.717) is 0 Å². The van der Waals surface area contributed by atoms with Crippen LogP contribution in [0, 0.1) is 0 Å². The van der Waals surface area contributed by atoms with Crippen LogP contribution in [0.2, 0.25) is 0 Å². The highest BCUT2D eigenvalue weighted by Crippen LogP contribution is 2.49. The maximum Gasteiger partial charge on any atom is -0.00199 e. The van der Waals surface area contributed by atoms with Gasteiger partial charge >= 0.3 is 0 Å². The maximum absolute atomic E-state index is 2.45. The summed E-state index contributed by atoms with van der Waals surface area (Å²) in [7, 11) is -0.621. The molecular formula is C32H21P. The number of rotatable bonds is 3. The molecule has 1 aliphatic rings. The second-order valence-electron chi connectivity index (χ2n) is 8.61. The van der Waals surface area contributed by atoms with Gasteiger partial charge in [0.05, 0.1) is 0 Å². The minimum absolute atomic E-state index is 0.621. The molecule has 0 aliphatic heterocycles. The fraction of sp³-hybridized carbons (Fsp3) is 0. The Balaban J connectivity index is 1.51. The minimum Gasteiger partial charge on any atom is -0.0622 e. The van der Waals surface area contributed by atoms with Gasteiger partial charge in [-0.3, -0.25) is 0 Å². The van der Waals surface area contributed by atoms with E-state index in [1.54, 1.807) is 0 Å². The summed E-state index contributed by atoms with van der Waals surface area (Å²) in [6.07, 6.45) is 0. The van der Waals surface area contributed by atoms with Gasteiger partial charge in [0.2, 0.25) is 0 Å². The summed E-state index contributed by atoms with van der Waals surface area (Å²) in [6, 6.07) is 47.0. The molecule has 0 aromatic heterocycles. The molecule has 154 valence electrons. The molecule has 7 rings (SSSR count). The van der Waals surface area contributed by atoms with Gasteiger partial charge in [0.15, 0.2) is 0 Å². The van der Waals surface area contributed by atoms with Crippen LogP contribution in [0.3, 0.4) is 0 Å². The third-order valence-corrected chi connectivity index (χ3v) is 9.18. The molecule has 0 saturated heterocycles. The van der Waals surface area contributed by atoms with Crippen LogP contribution in [0.1, 0.15) is 0 Å². The fourth-order valence-electron chi connectivity index (χ4n) is 5.33. The summed E-state index contributed by atoms with van der Waals surface area (Å²) in [5, 5.41) is 9.58. The van der Waals surface area contributed by atoms with Crippen LogP contribution in [0.4, 0.5) is 0 Å². The first kappa shape index (κ1) is 18.8. The predicted octanol–water partition coefficient (Wildman–Crippen LogP) is 7.40. The van der Waals surface area contributed by atoms with Gasteiger partial charge in [-0.1, -0.05) is 115 Å². The number of hydrogen-bond donors (Lipinski definition) is 0. The van der Waals surface area contributed by atoms with Gasteiger partial charge in [0.25, 0.3) is 0 Å². The molecule has 1 aliphatic carbocycles. The van der Waals surface area contributed by atoms with Crippen molar-refractivity contribution < 1.29 is 0 Å². The van der Waals surface area contributed by atoms with Gasteiger partial charge in [-0.15, -0.1) is 0 Å². The quantitative estimate of drug-likeness (QED) is 0.200. The van der Waals surface area contributed by atoms with E-state index in [1.165, 1.54) is 59.7 Å². The molecule has 0 bridgehead atoms. The van der Waals surface area contributed by atoms with Crippen molar-refractivity contribution in [2.45, 2.75) is 0 Å². The van der Waals surface area contributed by atoms with Gasteiger partial charge in [0, 0.05) is 0 Å². The SMILES string of the molecule is c1ccc(P(c2ccccc2)c2ccc3cc4c5c(cccc5c3c2)-c2ccccc2-4)cc1. The van der Waals surface area contributed by atoms with Gasteiger partial charge in [-0.2, -0.15) is 0 Å². The van der Waals surface area contributed by atoms with Crippen LogP contribution in [-0.2, 0) is 0 Å². The molecule has 0 fully saturated rings. The highest BCUT2D eigenvalue weighted by Gasteiger charge is 2.23. The minimum atomic E-state index is -0.621. The third kappa shape index (κ3) is 2.88. The van der Waals surface area contributed by atoms with E-state index in [0.717, 1.165) is 0 Å². The lowest BCUT2D eigenvalue weighted by Crippen LogP contribution is -2.20. The summed E-state index contributed by atoms with van der Waals surface area (Å²) in [5.41, 5.74) is 5.43. The van der Waals surface area contributed by atoms with Crippen LogP contribution >= 0.6 is 7.92 Å². The molecule has 0 nitrogen and oxygen atoms in total. The first-order chi connectivity index (χ1) is 16.4. The predicted molar refractivity (Wildman–Crippen MR) is 145 cm³/mol. The monoisotopic (exact) mass is 436 g/mol. The Hall–Kier alpha value is -3.73. The Morgan fingerprint density at radius 1 is 0.364 bits per heavy atom. The molecular weight excluding hydrogens is 415 g/mol. The van der Waals surface area contributed by atoms with E-state index in [-0.39, 0.29) is 0 Å². The van der Waals surface area contributed by atoms with Gasteiger partial charge in [-0.25, -0.2) is 0 Å². The molecule has 0 spiro atoms. The van der Waals surface area contributed by atoms with Gasteiger partial charge < -0.3 is 0 Å². The molecule has 0 N–H and O–H groups in total. The maximum atomic E-state index is 2.45. The standard InChI is InChI=1S/C32H21P/c1-3-10-23(11-4-1)33(24-12-5-2-6-13-24)25-19-18-22-20-31-27-15-8-7-14-26(27)28-16-9-17-29(32(28)31)30(22)21-25/h1-21H. The summed E-state index contributed by atoms with van der Waals surface area (Å²) >= 11 is 0. The second kappa shape index (κ2) is 7.41. The molecule has 0 heterocycles. The second-order valence-corrected chi connectivity index (χ2v) is 10.8. The molecule has 0 radical (unpaired) electrons. The molecule has 6 aromatic carbocycles. The number of hydrogen-bond acceptors (Lipinski definition) is 0. The van der Waals surface area contributed by atoms with Gasteiger partial charge in [-0.05, 0) is 79.8 Å². The Morgan fingerprint density at radius 3 is 1.67 bits per heavy atom. The lowest BCUT2D eigenvalue weighted by molar-refractivity contribution is 1.70. The fourth-order valence-corrected chi connectivity index (χ4v) is 7.64. The van der Waals surface area contributed by atoms with E-state index < -0.39 is 7.92 Å². The summed E-state index contributed by atoms with van der Waals surface area (Å²) in [6.45, 7) is 0. The normalized spacial score (nSPS) is 11.9. The molecule has 33 heavy (non-hydrogen) atoms. The zero-order chi connectivity index (χ0) is 21.8. The summed E-state index contributed by atoms with van der Waals surface area (Å²) in [4.78, 5) is 0. The average Bonchev–Trinajstić information content (AvgIpc) is 3.21. The van der Waals surface area contributed by atoms with E-state index in [2.05, 4.69) is 127 Å². The third-order valence-electron chi connectivity index (χ3n) is 6.76. The molecule has 1 heteroatoms. The van der Waals surface area contributed by atoms with Crippen molar-refractivity contribution >= 4 is 45.4 Å². The van der Waals surface area contributed by atoms with Crippen molar-refractivity contribution in [2.24, 2.45) is 0 Å². The van der Waals surface area contributed by atoms with E-state index >= 15 is 0 Å².